The van der Waals surface area contributed by atoms with E-state index in [2.05, 4.69) is 20.6 Å². The van der Waals surface area contributed by atoms with Gasteiger partial charge in [-0.2, -0.15) is 10.6 Å². The number of rotatable bonds is 10. The number of aromatic amines is 1. The number of amides is 1. The van der Waals surface area contributed by atoms with E-state index >= 15 is 0 Å². The Hall–Kier alpha value is -2.83. The number of aliphatic hydroxyl groups excluding tert-OH is 1. The molecule has 1 aromatic heterocycles. The average Bonchev–Trinajstić information content (AvgIpc) is 3.33. The van der Waals surface area contributed by atoms with Gasteiger partial charge in [-0.05, 0) is 47.2 Å². The molecule has 0 saturated heterocycles. The summed E-state index contributed by atoms with van der Waals surface area (Å²) < 4.78 is 48.6. The molecular weight excluding hydrogens is 502 g/mol. The van der Waals surface area contributed by atoms with Crippen molar-refractivity contribution >= 4 is 16.5 Å². The minimum absolute atomic E-state index is 0.00276. The number of carbonyl (C=O) groups is 1. The van der Waals surface area contributed by atoms with Gasteiger partial charge in [-0.1, -0.05) is 25.1 Å². The number of nitrogens with one attached hydrogen (secondary N) is 3. The van der Waals surface area contributed by atoms with Crippen molar-refractivity contribution in [3.63, 3.8) is 0 Å². The zero-order valence-electron chi connectivity index (χ0n) is 20.5. The molecule has 0 unspecified atom stereocenters. The van der Waals surface area contributed by atoms with Gasteiger partial charge in [0.1, 0.15) is 11.6 Å². The fraction of sp³-hybridized carbons (Fsp3) is 0.385. The molecule has 200 valence electrons. The van der Waals surface area contributed by atoms with E-state index in [1.807, 2.05) is 25.1 Å². The van der Waals surface area contributed by atoms with Crippen LogP contribution in [0.15, 0.2) is 48.9 Å². The molecule has 1 aliphatic heterocycles. The molecule has 0 bridgehead atoms. The Kier molecular flexibility index (Phi) is 8.60. The van der Waals surface area contributed by atoms with Gasteiger partial charge in [-0.15, -0.1) is 0 Å². The summed E-state index contributed by atoms with van der Waals surface area (Å²) in [5.41, 5.74) is 3.77. The van der Waals surface area contributed by atoms with E-state index in [9.17, 15) is 27.8 Å². The first-order valence-corrected chi connectivity index (χ1v) is 14.0. The lowest BCUT2D eigenvalue weighted by Gasteiger charge is -2.42. The van der Waals surface area contributed by atoms with Gasteiger partial charge in [0.2, 0.25) is 5.91 Å². The number of H-pyrrole nitrogens is 1. The van der Waals surface area contributed by atoms with Crippen LogP contribution in [-0.2, 0) is 29.8 Å². The first-order valence-electron chi connectivity index (χ1n) is 12.1. The first-order chi connectivity index (χ1) is 17.6. The average molecular weight is 535 g/mol. The van der Waals surface area contributed by atoms with E-state index in [0.717, 1.165) is 41.3 Å². The highest BCUT2D eigenvalue weighted by atomic mass is 32.3. The van der Waals surface area contributed by atoms with E-state index in [0.29, 0.717) is 5.69 Å². The van der Waals surface area contributed by atoms with E-state index in [4.69, 9.17) is 0 Å². The van der Waals surface area contributed by atoms with Crippen LogP contribution in [0.2, 0.25) is 0 Å². The van der Waals surface area contributed by atoms with Gasteiger partial charge in [-0.3, -0.25) is 13.9 Å². The second kappa shape index (κ2) is 11.7. The second-order valence-electron chi connectivity index (χ2n) is 9.44. The van der Waals surface area contributed by atoms with Gasteiger partial charge < -0.3 is 20.7 Å². The van der Waals surface area contributed by atoms with Crippen LogP contribution in [-0.4, -0.2) is 54.5 Å². The van der Waals surface area contributed by atoms with Gasteiger partial charge in [0, 0.05) is 24.5 Å². The highest BCUT2D eigenvalue weighted by Gasteiger charge is 2.31. The molecule has 11 heteroatoms. The lowest BCUT2D eigenvalue weighted by molar-refractivity contribution is -0.122. The number of aliphatic hydroxyl groups is 1. The zero-order valence-corrected chi connectivity index (χ0v) is 21.3. The standard InChI is InChI=1S/C26H32F2N4O4S/c1-2-16-3-4-18-13-37(35,36)14-24(22(18)7-16)30-12-25(33)23(8-17-5-19(27)9-20(28)6-17)32-26(34)10-21-11-29-15-31-21/h3-7,9,11,15,23-25,30,33,35-36H,2,8,10,12-14H2,1H3,(H,29,31)(H,32,34)/t23-,24-,25-/m0/s1. The third kappa shape index (κ3) is 7.36. The van der Waals surface area contributed by atoms with E-state index < -0.39 is 46.3 Å². The van der Waals surface area contributed by atoms with Crippen molar-refractivity contribution in [2.75, 3.05) is 12.3 Å². The maximum absolute atomic E-state index is 13.8. The largest absolute Gasteiger partial charge is 0.390 e. The Morgan fingerprint density at radius 3 is 2.62 bits per heavy atom. The van der Waals surface area contributed by atoms with Crippen LogP contribution >= 0.6 is 10.6 Å². The number of aromatic nitrogens is 2. The predicted octanol–water partition coefficient (Wildman–Crippen LogP) is 3.48. The number of imidazole rings is 1. The summed E-state index contributed by atoms with van der Waals surface area (Å²) in [4.78, 5) is 19.4. The molecule has 8 nitrogen and oxygen atoms in total. The molecule has 0 saturated carbocycles. The molecule has 6 N–H and O–H groups in total. The lowest BCUT2D eigenvalue weighted by atomic mass is 9.97. The molecule has 0 fully saturated rings. The maximum atomic E-state index is 13.8. The maximum Gasteiger partial charge on any atom is 0.226 e. The topological polar surface area (TPSA) is 130 Å². The number of carbonyl (C=O) groups excluding carboxylic acids is 1. The van der Waals surface area contributed by atoms with Crippen LogP contribution in [0.4, 0.5) is 8.78 Å². The van der Waals surface area contributed by atoms with Crippen molar-refractivity contribution in [3.8, 4) is 0 Å². The van der Waals surface area contributed by atoms with Crippen LogP contribution in [0.5, 0.6) is 0 Å². The third-order valence-corrected chi connectivity index (χ3v) is 8.12. The number of hydrogen-bond acceptors (Lipinski definition) is 6. The van der Waals surface area contributed by atoms with E-state index in [1.54, 1.807) is 0 Å². The summed E-state index contributed by atoms with van der Waals surface area (Å²) in [5.74, 6) is -1.60. The van der Waals surface area contributed by atoms with Crippen molar-refractivity contribution in [1.82, 2.24) is 20.6 Å². The Balaban J connectivity index is 1.50. The minimum atomic E-state index is -2.85. The number of nitrogens with zero attached hydrogens (tertiary/aromatic N) is 1. The molecular formula is C26H32F2N4O4S. The van der Waals surface area contributed by atoms with Gasteiger partial charge in [0.15, 0.2) is 0 Å². The van der Waals surface area contributed by atoms with Crippen LogP contribution < -0.4 is 10.6 Å². The SMILES string of the molecule is CCc1ccc2c(c1)[C@@H](NC[C@H](O)[C@H](Cc1cc(F)cc(F)c1)NC(=O)Cc1cnc[nH]1)CS(O)(O)C2. The molecule has 0 spiro atoms. The molecule has 0 aliphatic carbocycles. The van der Waals surface area contributed by atoms with Crippen molar-refractivity contribution in [1.29, 1.82) is 0 Å². The van der Waals surface area contributed by atoms with Crippen molar-refractivity contribution < 1.29 is 27.8 Å². The Bertz CT molecular complexity index is 1210. The minimum Gasteiger partial charge on any atom is -0.390 e. The number of benzene rings is 2. The molecule has 3 aromatic rings. The van der Waals surface area contributed by atoms with Gasteiger partial charge in [-0.25, -0.2) is 13.8 Å². The predicted molar refractivity (Wildman–Crippen MR) is 138 cm³/mol. The first kappa shape index (κ1) is 27.2. The fourth-order valence-corrected chi connectivity index (χ4v) is 6.35. The summed E-state index contributed by atoms with van der Waals surface area (Å²) >= 11 is 0. The normalized spacial score (nSPS) is 19.0. The van der Waals surface area contributed by atoms with E-state index in [1.165, 1.54) is 12.5 Å². The number of fused-ring (bicyclic) bond motifs is 1. The Morgan fingerprint density at radius 1 is 1.19 bits per heavy atom. The second-order valence-corrected chi connectivity index (χ2v) is 11.7. The summed E-state index contributed by atoms with van der Waals surface area (Å²) in [6, 6.07) is 7.71. The van der Waals surface area contributed by atoms with Crippen LogP contribution in [0.1, 0.15) is 40.9 Å². The van der Waals surface area contributed by atoms with Crippen LogP contribution in [0, 0.1) is 11.6 Å². The summed E-state index contributed by atoms with van der Waals surface area (Å²) in [6.45, 7) is 2.04. The summed E-state index contributed by atoms with van der Waals surface area (Å²) in [6.07, 6.45) is 2.63. The lowest BCUT2D eigenvalue weighted by Crippen LogP contribution is -2.50. The van der Waals surface area contributed by atoms with Crippen LogP contribution in [0.25, 0.3) is 0 Å². The molecule has 0 radical (unpaired) electrons. The van der Waals surface area contributed by atoms with Gasteiger partial charge >= 0.3 is 0 Å². The number of hydrogen-bond donors (Lipinski definition) is 6. The molecule has 37 heavy (non-hydrogen) atoms. The fourth-order valence-electron chi connectivity index (χ4n) is 4.64. The van der Waals surface area contributed by atoms with Gasteiger partial charge in [0.25, 0.3) is 0 Å². The molecule has 2 heterocycles. The van der Waals surface area contributed by atoms with Crippen molar-refractivity contribution in [2.24, 2.45) is 0 Å². The summed E-state index contributed by atoms with van der Waals surface area (Å²) in [5, 5.41) is 17.1. The molecule has 2 aromatic carbocycles. The highest BCUT2D eigenvalue weighted by molar-refractivity contribution is 8.23. The molecule has 4 rings (SSSR count). The van der Waals surface area contributed by atoms with Crippen LogP contribution in [0.3, 0.4) is 0 Å². The monoisotopic (exact) mass is 534 g/mol. The highest BCUT2D eigenvalue weighted by Crippen LogP contribution is 2.50. The quantitative estimate of drug-likeness (QED) is 0.236. The van der Waals surface area contributed by atoms with E-state index in [-0.39, 0.29) is 36.5 Å². The zero-order chi connectivity index (χ0) is 26.6. The number of aryl methyl sites for hydroxylation is 1. The number of halogens is 2. The van der Waals surface area contributed by atoms with Gasteiger partial charge in [0.05, 0.1) is 42.4 Å². The smallest absolute Gasteiger partial charge is 0.226 e. The van der Waals surface area contributed by atoms with Crippen molar-refractivity contribution in [3.05, 3.63) is 88.5 Å². The third-order valence-electron chi connectivity index (χ3n) is 6.48. The molecule has 1 amide bonds. The molecule has 3 atom stereocenters. The van der Waals surface area contributed by atoms with Crippen molar-refractivity contribution in [2.45, 2.75) is 50.1 Å². The Labute approximate surface area is 215 Å². The molecule has 1 aliphatic rings. The Morgan fingerprint density at radius 2 is 1.95 bits per heavy atom. The summed E-state index contributed by atoms with van der Waals surface area (Å²) in [7, 11) is -2.85.